The van der Waals surface area contributed by atoms with Crippen molar-refractivity contribution in [3.8, 4) is 0 Å². The van der Waals surface area contributed by atoms with Crippen LogP contribution in [0.15, 0.2) is 52.0 Å². The number of aromatic nitrogens is 1. The Labute approximate surface area is 171 Å². The van der Waals surface area contributed by atoms with Gasteiger partial charge in [-0.15, -0.1) is 0 Å². The maximum atomic E-state index is 13.8. The Balaban J connectivity index is 1.98. The Kier molecular flexibility index (Phi) is 5.72. The second-order valence-corrected chi connectivity index (χ2v) is 7.78. The molecule has 2 N–H and O–H groups in total. The molecule has 3 aromatic rings. The SMILES string of the molecule is Cc1oncc1C(=O)Nc1ccc(NS(=O)(=O)c2c(F)cccc2F)c(C(F)(F)F)c1. The molecule has 0 unspecified atom stereocenters. The molecule has 31 heavy (non-hydrogen) atoms. The van der Waals surface area contributed by atoms with Gasteiger partial charge >= 0.3 is 6.18 Å². The number of halogens is 5. The minimum atomic E-state index is -5.07. The van der Waals surface area contributed by atoms with E-state index in [0.717, 1.165) is 18.3 Å². The summed E-state index contributed by atoms with van der Waals surface area (Å²) in [5.41, 5.74) is -2.83. The molecule has 7 nitrogen and oxygen atoms in total. The molecule has 0 fully saturated rings. The molecule has 1 amide bonds. The molecule has 0 aliphatic rings. The molecule has 0 aliphatic heterocycles. The second kappa shape index (κ2) is 7.98. The number of aryl methyl sites for hydroxylation is 1. The Bertz CT molecular complexity index is 1240. The van der Waals surface area contributed by atoms with Crippen molar-refractivity contribution in [2.45, 2.75) is 18.0 Å². The maximum Gasteiger partial charge on any atom is 0.418 e. The molecule has 13 heteroatoms. The van der Waals surface area contributed by atoms with Crippen LogP contribution in [0.2, 0.25) is 0 Å². The van der Waals surface area contributed by atoms with Crippen LogP contribution in [0.25, 0.3) is 0 Å². The van der Waals surface area contributed by atoms with Crippen LogP contribution < -0.4 is 10.0 Å². The van der Waals surface area contributed by atoms with E-state index in [2.05, 4.69) is 10.5 Å². The molecular formula is C18H12F5N3O4S. The zero-order valence-corrected chi connectivity index (χ0v) is 16.2. The monoisotopic (exact) mass is 461 g/mol. The van der Waals surface area contributed by atoms with Gasteiger partial charge in [0.15, 0.2) is 4.90 Å². The Morgan fingerprint density at radius 3 is 2.29 bits per heavy atom. The summed E-state index contributed by atoms with van der Waals surface area (Å²) >= 11 is 0. The lowest BCUT2D eigenvalue weighted by Crippen LogP contribution is -2.20. The third kappa shape index (κ3) is 4.66. The van der Waals surface area contributed by atoms with E-state index >= 15 is 0 Å². The average Bonchev–Trinajstić information content (AvgIpc) is 3.07. The number of nitrogens with one attached hydrogen (secondary N) is 2. The van der Waals surface area contributed by atoms with Crippen molar-refractivity contribution in [2.24, 2.45) is 0 Å². The van der Waals surface area contributed by atoms with Crippen molar-refractivity contribution >= 4 is 27.3 Å². The van der Waals surface area contributed by atoms with E-state index in [-0.39, 0.29) is 17.0 Å². The van der Waals surface area contributed by atoms with Gasteiger partial charge in [0.05, 0.1) is 17.4 Å². The highest BCUT2D eigenvalue weighted by atomic mass is 32.2. The van der Waals surface area contributed by atoms with Crippen LogP contribution in [-0.4, -0.2) is 19.5 Å². The van der Waals surface area contributed by atoms with E-state index in [1.54, 1.807) is 4.72 Å². The third-order valence-electron chi connectivity index (χ3n) is 4.01. The number of sulfonamides is 1. The molecular weight excluding hydrogens is 449 g/mol. The van der Waals surface area contributed by atoms with Crippen molar-refractivity contribution in [3.05, 3.63) is 71.1 Å². The fourth-order valence-electron chi connectivity index (χ4n) is 2.60. The molecule has 0 saturated carbocycles. The first kappa shape index (κ1) is 22.2. The first-order valence-electron chi connectivity index (χ1n) is 8.31. The number of amides is 1. The predicted octanol–water partition coefficient (Wildman–Crippen LogP) is 4.33. The van der Waals surface area contributed by atoms with Gasteiger partial charge < -0.3 is 9.84 Å². The number of carbonyl (C=O) groups excluding carboxylic acids is 1. The lowest BCUT2D eigenvalue weighted by atomic mass is 10.1. The van der Waals surface area contributed by atoms with Crippen molar-refractivity contribution < 1.29 is 39.7 Å². The first-order chi connectivity index (χ1) is 14.4. The summed E-state index contributed by atoms with van der Waals surface area (Å²) in [7, 11) is -5.04. The van der Waals surface area contributed by atoms with Crippen LogP contribution in [0.4, 0.5) is 33.3 Å². The highest BCUT2D eigenvalue weighted by molar-refractivity contribution is 7.92. The van der Waals surface area contributed by atoms with Crippen LogP contribution >= 0.6 is 0 Å². The summed E-state index contributed by atoms with van der Waals surface area (Å²) in [4.78, 5) is 10.7. The van der Waals surface area contributed by atoms with Crippen molar-refractivity contribution in [1.29, 1.82) is 0 Å². The van der Waals surface area contributed by atoms with Gasteiger partial charge in [0.1, 0.15) is 23.0 Å². The molecule has 0 radical (unpaired) electrons. The maximum absolute atomic E-state index is 13.8. The van der Waals surface area contributed by atoms with Gasteiger partial charge in [-0.05, 0) is 37.3 Å². The van der Waals surface area contributed by atoms with Crippen LogP contribution in [0.3, 0.4) is 0 Å². The molecule has 2 aromatic carbocycles. The molecule has 0 bridgehead atoms. The number of hydrogen-bond acceptors (Lipinski definition) is 5. The highest BCUT2D eigenvalue weighted by Crippen LogP contribution is 2.38. The molecule has 3 rings (SSSR count). The Morgan fingerprint density at radius 2 is 1.74 bits per heavy atom. The molecule has 1 aromatic heterocycles. The van der Waals surface area contributed by atoms with Gasteiger partial charge in [0, 0.05) is 5.69 Å². The van der Waals surface area contributed by atoms with E-state index < -0.39 is 49.9 Å². The Morgan fingerprint density at radius 1 is 1.10 bits per heavy atom. The minimum absolute atomic E-state index is 0.0200. The molecule has 164 valence electrons. The summed E-state index contributed by atoms with van der Waals surface area (Å²) < 4.78 is 99.1. The first-order valence-corrected chi connectivity index (χ1v) is 9.79. The topological polar surface area (TPSA) is 101 Å². The lowest BCUT2D eigenvalue weighted by Gasteiger charge is -2.17. The molecule has 0 saturated heterocycles. The van der Waals surface area contributed by atoms with Gasteiger partial charge in [-0.2, -0.15) is 13.2 Å². The predicted molar refractivity (Wildman–Crippen MR) is 97.8 cm³/mol. The highest BCUT2D eigenvalue weighted by Gasteiger charge is 2.36. The van der Waals surface area contributed by atoms with Crippen molar-refractivity contribution in [3.63, 3.8) is 0 Å². The number of nitrogens with zero attached hydrogens (tertiary/aromatic N) is 1. The molecule has 0 spiro atoms. The fourth-order valence-corrected chi connectivity index (χ4v) is 3.81. The summed E-state index contributed by atoms with van der Waals surface area (Å²) in [6, 6.07) is 4.35. The van der Waals surface area contributed by atoms with Gasteiger partial charge in [-0.3, -0.25) is 9.52 Å². The van der Waals surface area contributed by atoms with Gasteiger partial charge in [-0.25, -0.2) is 17.2 Å². The van der Waals surface area contributed by atoms with Gasteiger partial charge in [-0.1, -0.05) is 11.2 Å². The van der Waals surface area contributed by atoms with Crippen LogP contribution in [-0.2, 0) is 16.2 Å². The van der Waals surface area contributed by atoms with Crippen LogP contribution in [0.1, 0.15) is 21.7 Å². The van der Waals surface area contributed by atoms with E-state index in [1.165, 1.54) is 6.92 Å². The zero-order chi connectivity index (χ0) is 23.0. The summed E-state index contributed by atoms with van der Waals surface area (Å²) in [5, 5.41) is 5.59. The molecule has 0 aliphatic carbocycles. The van der Waals surface area contributed by atoms with Gasteiger partial charge in [0.25, 0.3) is 15.9 Å². The fraction of sp³-hybridized carbons (Fsp3) is 0.111. The number of benzene rings is 2. The van der Waals surface area contributed by atoms with Crippen LogP contribution in [0, 0.1) is 18.6 Å². The van der Waals surface area contributed by atoms with Crippen LogP contribution in [0.5, 0.6) is 0 Å². The minimum Gasteiger partial charge on any atom is -0.361 e. The van der Waals surface area contributed by atoms with E-state index in [0.29, 0.717) is 24.3 Å². The number of rotatable bonds is 5. The largest absolute Gasteiger partial charge is 0.418 e. The number of alkyl halides is 3. The number of hydrogen-bond donors (Lipinski definition) is 2. The standard InChI is InChI=1S/C18H12F5N3O4S/c1-9-11(8-24-30-9)17(27)25-10-5-6-15(12(7-10)18(21,22)23)26-31(28,29)16-13(19)3-2-4-14(16)20/h2-8,26H,1H3,(H,25,27). The molecule has 0 atom stereocenters. The smallest absolute Gasteiger partial charge is 0.361 e. The number of carbonyl (C=O) groups is 1. The quantitative estimate of drug-likeness (QED) is 0.551. The third-order valence-corrected chi connectivity index (χ3v) is 5.43. The van der Waals surface area contributed by atoms with E-state index in [1.807, 2.05) is 0 Å². The van der Waals surface area contributed by atoms with Crippen molar-refractivity contribution in [2.75, 3.05) is 10.0 Å². The summed E-state index contributed by atoms with van der Waals surface area (Å²) in [6.07, 6.45) is -4.00. The normalized spacial score (nSPS) is 11.9. The average molecular weight is 461 g/mol. The van der Waals surface area contributed by atoms with Gasteiger partial charge in [0.2, 0.25) is 0 Å². The second-order valence-electron chi connectivity index (χ2n) is 6.16. The molecule has 1 heterocycles. The summed E-state index contributed by atoms with van der Waals surface area (Å²) in [6.45, 7) is 1.42. The lowest BCUT2D eigenvalue weighted by molar-refractivity contribution is -0.136. The Hall–Kier alpha value is -3.48. The van der Waals surface area contributed by atoms with Crippen molar-refractivity contribution in [1.82, 2.24) is 5.16 Å². The van der Waals surface area contributed by atoms with E-state index in [9.17, 15) is 35.2 Å². The van der Waals surface area contributed by atoms with E-state index in [4.69, 9.17) is 4.52 Å². The number of anilines is 2. The zero-order valence-electron chi connectivity index (χ0n) is 15.4. The summed E-state index contributed by atoms with van der Waals surface area (Å²) in [5.74, 6) is -3.64.